The predicted octanol–water partition coefficient (Wildman–Crippen LogP) is -0.0154. The molecule has 102 valence electrons. The van der Waals surface area contributed by atoms with Crippen LogP contribution in [0.2, 0.25) is 0 Å². The lowest BCUT2D eigenvalue weighted by Crippen LogP contribution is -2.44. The summed E-state index contributed by atoms with van der Waals surface area (Å²) in [6.45, 7) is 2.14. The van der Waals surface area contributed by atoms with Gasteiger partial charge in [-0.3, -0.25) is 9.59 Å². The number of likely N-dealkylation sites (tertiary alicyclic amines) is 1. The largest absolute Gasteiger partial charge is 0.391 e. The summed E-state index contributed by atoms with van der Waals surface area (Å²) in [6, 6.07) is 6.97. The van der Waals surface area contributed by atoms with Crippen LogP contribution >= 0.6 is 0 Å². The monoisotopic (exact) mass is 262 g/mol. The number of amides is 2. The Morgan fingerprint density at radius 1 is 1.47 bits per heavy atom. The van der Waals surface area contributed by atoms with Gasteiger partial charge in [0.25, 0.3) is 0 Å². The molecule has 0 spiro atoms. The minimum atomic E-state index is -0.688. The number of aryl methyl sites for hydroxylation is 1. The summed E-state index contributed by atoms with van der Waals surface area (Å²) in [6.07, 6.45) is -0.216. The van der Waals surface area contributed by atoms with Crippen molar-refractivity contribution < 1.29 is 14.7 Å². The number of primary amides is 1. The third-order valence-electron chi connectivity index (χ3n) is 3.37. The fraction of sp³-hybridized carbons (Fsp3) is 0.429. The van der Waals surface area contributed by atoms with E-state index in [2.05, 4.69) is 0 Å². The minimum absolute atomic E-state index is 0.175. The number of β-amino-alcohol motifs (C(OH)–C–C–N with tert-alkyl or cyclic N) is 1. The summed E-state index contributed by atoms with van der Waals surface area (Å²) < 4.78 is 0. The Balaban J connectivity index is 2.09. The van der Waals surface area contributed by atoms with Crippen LogP contribution in [0, 0.1) is 6.92 Å². The third-order valence-corrected chi connectivity index (χ3v) is 3.37. The van der Waals surface area contributed by atoms with Gasteiger partial charge in [0, 0.05) is 13.0 Å². The Hall–Kier alpha value is -1.88. The van der Waals surface area contributed by atoms with Crippen LogP contribution in [0.1, 0.15) is 17.5 Å². The highest BCUT2D eigenvalue weighted by molar-refractivity contribution is 5.88. The van der Waals surface area contributed by atoms with Gasteiger partial charge in [-0.1, -0.05) is 29.8 Å². The Bertz CT molecular complexity index is 501. The van der Waals surface area contributed by atoms with E-state index in [4.69, 9.17) is 5.73 Å². The maximum atomic E-state index is 12.2. The number of carbonyl (C=O) groups is 2. The van der Waals surface area contributed by atoms with Crippen molar-refractivity contribution in [2.45, 2.75) is 31.9 Å². The van der Waals surface area contributed by atoms with E-state index in [1.807, 2.05) is 31.2 Å². The van der Waals surface area contributed by atoms with Crippen LogP contribution in [0.4, 0.5) is 0 Å². The molecule has 5 heteroatoms. The predicted molar refractivity (Wildman–Crippen MR) is 70.2 cm³/mol. The quantitative estimate of drug-likeness (QED) is 0.803. The molecule has 19 heavy (non-hydrogen) atoms. The topological polar surface area (TPSA) is 83.6 Å². The molecular formula is C14H18N2O3. The van der Waals surface area contributed by atoms with E-state index in [1.165, 1.54) is 4.90 Å². The van der Waals surface area contributed by atoms with E-state index >= 15 is 0 Å². The van der Waals surface area contributed by atoms with E-state index in [1.54, 1.807) is 0 Å². The second-order valence-electron chi connectivity index (χ2n) is 5.02. The van der Waals surface area contributed by atoms with Gasteiger partial charge in [-0.2, -0.15) is 0 Å². The molecule has 1 aliphatic rings. The lowest BCUT2D eigenvalue weighted by Gasteiger charge is -2.22. The Morgan fingerprint density at radius 3 is 2.84 bits per heavy atom. The van der Waals surface area contributed by atoms with Gasteiger partial charge in [0.05, 0.1) is 12.5 Å². The highest BCUT2D eigenvalue weighted by Crippen LogP contribution is 2.19. The minimum Gasteiger partial charge on any atom is -0.391 e. The first kappa shape index (κ1) is 13.5. The molecule has 2 rings (SSSR count). The fourth-order valence-corrected chi connectivity index (χ4v) is 2.46. The van der Waals surface area contributed by atoms with Crippen LogP contribution in [-0.4, -0.2) is 40.5 Å². The molecule has 1 aromatic rings. The van der Waals surface area contributed by atoms with Crippen molar-refractivity contribution in [1.82, 2.24) is 4.90 Å². The Kier molecular flexibility index (Phi) is 3.85. The van der Waals surface area contributed by atoms with Crippen molar-refractivity contribution in [2.24, 2.45) is 5.73 Å². The molecule has 0 aromatic heterocycles. The first-order valence-corrected chi connectivity index (χ1v) is 6.30. The number of nitrogens with two attached hydrogens (primary N) is 1. The molecule has 2 amide bonds. The van der Waals surface area contributed by atoms with Crippen LogP contribution in [0.5, 0.6) is 0 Å². The zero-order chi connectivity index (χ0) is 14.0. The molecule has 1 aromatic carbocycles. The van der Waals surface area contributed by atoms with E-state index in [0.717, 1.165) is 11.1 Å². The van der Waals surface area contributed by atoms with Crippen LogP contribution in [0.15, 0.2) is 24.3 Å². The molecule has 0 saturated carbocycles. The van der Waals surface area contributed by atoms with Crippen molar-refractivity contribution in [2.75, 3.05) is 6.54 Å². The van der Waals surface area contributed by atoms with E-state index < -0.39 is 18.1 Å². The average molecular weight is 262 g/mol. The molecule has 1 heterocycles. The molecule has 0 aliphatic carbocycles. The standard InChI is InChI=1S/C14H18N2O3/c1-9-3-2-4-10(5-9)6-13(18)16-8-11(17)7-12(16)14(15)19/h2-5,11-12,17H,6-8H2,1H3,(H2,15,19). The number of hydrogen-bond acceptors (Lipinski definition) is 3. The highest BCUT2D eigenvalue weighted by Gasteiger charge is 2.37. The van der Waals surface area contributed by atoms with Crippen molar-refractivity contribution in [1.29, 1.82) is 0 Å². The second kappa shape index (κ2) is 5.40. The van der Waals surface area contributed by atoms with Gasteiger partial charge < -0.3 is 15.7 Å². The normalized spacial score (nSPS) is 22.5. The molecule has 2 unspecified atom stereocenters. The van der Waals surface area contributed by atoms with Crippen LogP contribution < -0.4 is 5.73 Å². The maximum Gasteiger partial charge on any atom is 0.240 e. The van der Waals surface area contributed by atoms with Gasteiger partial charge in [-0.05, 0) is 12.5 Å². The number of rotatable bonds is 3. The smallest absolute Gasteiger partial charge is 0.240 e. The second-order valence-corrected chi connectivity index (χ2v) is 5.02. The first-order chi connectivity index (χ1) is 8.97. The van der Waals surface area contributed by atoms with Crippen LogP contribution in [0.25, 0.3) is 0 Å². The number of aliphatic hydroxyl groups is 1. The van der Waals surface area contributed by atoms with Crippen molar-refractivity contribution in [3.63, 3.8) is 0 Å². The molecule has 1 fully saturated rings. The summed E-state index contributed by atoms with van der Waals surface area (Å²) in [4.78, 5) is 24.9. The zero-order valence-electron chi connectivity index (χ0n) is 10.9. The number of benzene rings is 1. The number of nitrogens with zero attached hydrogens (tertiary/aromatic N) is 1. The summed E-state index contributed by atoms with van der Waals surface area (Å²) in [7, 11) is 0. The Morgan fingerprint density at radius 2 is 2.21 bits per heavy atom. The maximum absolute atomic E-state index is 12.2. The summed E-state index contributed by atoms with van der Waals surface area (Å²) in [5.41, 5.74) is 7.24. The molecular weight excluding hydrogens is 244 g/mol. The Labute approximate surface area is 112 Å². The summed E-state index contributed by atoms with van der Waals surface area (Å²) in [5.74, 6) is -0.736. The number of hydrogen-bond donors (Lipinski definition) is 2. The van der Waals surface area contributed by atoms with Gasteiger partial charge in [0.2, 0.25) is 11.8 Å². The zero-order valence-corrected chi connectivity index (χ0v) is 10.9. The molecule has 2 atom stereocenters. The molecule has 3 N–H and O–H groups in total. The third kappa shape index (κ3) is 3.12. The number of aliphatic hydroxyl groups excluding tert-OH is 1. The van der Waals surface area contributed by atoms with Gasteiger partial charge in [-0.25, -0.2) is 0 Å². The molecule has 0 bridgehead atoms. The van der Waals surface area contributed by atoms with Crippen LogP contribution in [0.3, 0.4) is 0 Å². The number of carbonyl (C=O) groups excluding carboxylic acids is 2. The van der Waals surface area contributed by atoms with Gasteiger partial charge in [-0.15, -0.1) is 0 Å². The fourth-order valence-electron chi connectivity index (χ4n) is 2.46. The first-order valence-electron chi connectivity index (χ1n) is 6.30. The van der Waals surface area contributed by atoms with Gasteiger partial charge >= 0.3 is 0 Å². The van der Waals surface area contributed by atoms with E-state index in [0.29, 0.717) is 0 Å². The van der Waals surface area contributed by atoms with Crippen molar-refractivity contribution >= 4 is 11.8 Å². The molecule has 1 aliphatic heterocycles. The SMILES string of the molecule is Cc1cccc(CC(=O)N2CC(O)CC2C(N)=O)c1. The lowest BCUT2D eigenvalue weighted by atomic mass is 10.1. The lowest BCUT2D eigenvalue weighted by molar-refractivity contribution is -0.136. The molecule has 5 nitrogen and oxygen atoms in total. The molecule has 1 saturated heterocycles. The average Bonchev–Trinajstić information content (AvgIpc) is 2.71. The van der Waals surface area contributed by atoms with Gasteiger partial charge in [0.15, 0.2) is 0 Å². The van der Waals surface area contributed by atoms with Crippen LogP contribution in [-0.2, 0) is 16.0 Å². The van der Waals surface area contributed by atoms with E-state index in [-0.39, 0.29) is 25.3 Å². The molecule has 0 radical (unpaired) electrons. The highest BCUT2D eigenvalue weighted by atomic mass is 16.3. The summed E-state index contributed by atoms with van der Waals surface area (Å²) >= 11 is 0. The van der Waals surface area contributed by atoms with Gasteiger partial charge in [0.1, 0.15) is 6.04 Å². The van der Waals surface area contributed by atoms with Crippen molar-refractivity contribution in [3.8, 4) is 0 Å². The van der Waals surface area contributed by atoms with Crippen molar-refractivity contribution in [3.05, 3.63) is 35.4 Å². The van der Waals surface area contributed by atoms with E-state index in [9.17, 15) is 14.7 Å². The summed E-state index contributed by atoms with van der Waals surface area (Å²) in [5, 5.41) is 9.58.